The van der Waals surface area contributed by atoms with Gasteiger partial charge in [0, 0.05) is 21.3 Å². The number of benzene rings is 2. The van der Waals surface area contributed by atoms with Crippen molar-refractivity contribution in [3.05, 3.63) is 62.6 Å². The standard InChI is InChI=1S/C16H16BrNO/c1-9-4-5-15(18)13(6-9)16(19)12-7-11(3)14(17)8-10(12)2/h4-8H,18H2,1-3H3. The Morgan fingerprint density at radius 2 is 1.68 bits per heavy atom. The molecule has 0 bridgehead atoms. The van der Waals surface area contributed by atoms with Gasteiger partial charge in [-0.15, -0.1) is 0 Å². The third-order valence-electron chi connectivity index (χ3n) is 3.20. The second-order valence-corrected chi connectivity index (χ2v) is 5.69. The van der Waals surface area contributed by atoms with Crippen LogP contribution in [0.25, 0.3) is 0 Å². The van der Waals surface area contributed by atoms with Crippen LogP contribution >= 0.6 is 15.9 Å². The summed E-state index contributed by atoms with van der Waals surface area (Å²) < 4.78 is 1.01. The summed E-state index contributed by atoms with van der Waals surface area (Å²) in [4.78, 5) is 12.6. The van der Waals surface area contributed by atoms with E-state index < -0.39 is 0 Å². The molecule has 0 radical (unpaired) electrons. The van der Waals surface area contributed by atoms with E-state index >= 15 is 0 Å². The van der Waals surface area contributed by atoms with Gasteiger partial charge in [-0.1, -0.05) is 27.6 Å². The molecule has 2 nitrogen and oxygen atoms in total. The second-order valence-electron chi connectivity index (χ2n) is 4.84. The number of carbonyl (C=O) groups is 1. The zero-order valence-corrected chi connectivity index (χ0v) is 12.8. The van der Waals surface area contributed by atoms with Gasteiger partial charge in [0.2, 0.25) is 0 Å². The SMILES string of the molecule is Cc1ccc(N)c(C(=O)c2cc(C)c(Br)cc2C)c1. The summed E-state index contributed by atoms with van der Waals surface area (Å²) in [5, 5.41) is 0. The smallest absolute Gasteiger partial charge is 0.195 e. The average Bonchev–Trinajstić information content (AvgIpc) is 2.36. The molecule has 0 aliphatic carbocycles. The molecule has 0 aromatic heterocycles. The van der Waals surface area contributed by atoms with Crippen LogP contribution in [0.2, 0.25) is 0 Å². The predicted molar refractivity (Wildman–Crippen MR) is 82.6 cm³/mol. The fourth-order valence-electron chi connectivity index (χ4n) is 2.04. The number of hydrogen-bond acceptors (Lipinski definition) is 2. The lowest BCUT2D eigenvalue weighted by Gasteiger charge is -2.10. The highest BCUT2D eigenvalue weighted by Gasteiger charge is 2.16. The van der Waals surface area contributed by atoms with Gasteiger partial charge in [-0.3, -0.25) is 4.79 Å². The van der Waals surface area contributed by atoms with Gasteiger partial charge in [0.05, 0.1) is 0 Å². The number of nitrogen functional groups attached to an aromatic ring is 1. The third kappa shape index (κ3) is 2.71. The van der Waals surface area contributed by atoms with Crippen molar-refractivity contribution in [2.24, 2.45) is 0 Å². The first kappa shape index (κ1) is 13.8. The second kappa shape index (κ2) is 5.17. The van der Waals surface area contributed by atoms with Crippen molar-refractivity contribution in [3.8, 4) is 0 Å². The molecule has 19 heavy (non-hydrogen) atoms. The normalized spacial score (nSPS) is 10.5. The molecule has 0 saturated carbocycles. The van der Waals surface area contributed by atoms with Crippen LogP contribution in [0.5, 0.6) is 0 Å². The van der Waals surface area contributed by atoms with Crippen LogP contribution in [0, 0.1) is 20.8 Å². The molecular weight excluding hydrogens is 302 g/mol. The molecular formula is C16H16BrNO. The van der Waals surface area contributed by atoms with Crippen LogP contribution in [-0.2, 0) is 0 Å². The van der Waals surface area contributed by atoms with Crippen molar-refractivity contribution in [1.82, 2.24) is 0 Å². The molecule has 98 valence electrons. The van der Waals surface area contributed by atoms with Crippen LogP contribution in [0.4, 0.5) is 5.69 Å². The van der Waals surface area contributed by atoms with Crippen molar-refractivity contribution >= 4 is 27.4 Å². The van der Waals surface area contributed by atoms with E-state index in [2.05, 4.69) is 15.9 Å². The molecule has 2 aromatic carbocycles. The number of aryl methyl sites for hydroxylation is 3. The fraction of sp³-hybridized carbons (Fsp3) is 0.188. The Kier molecular flexibility index (Phi) is 3.76. The Bertz CT molecular complexity index is 662. The highest BCUT2D eigenvalue weighted by atomic mass is 79.9. The van der Waals surface area contributed by atoms with Gasteiger partial charge in [-0.25, -0.2) is 0 Å². The quantitative estimate of drug-likeness (QED) is 0.666. The molecule has 0 unspecified atom stereocenters. The minimum absolute atomic E-state index is 0.0192. The maximum absolute atomic E-state index is 12.6. The molecule has 2 N–H and O–H groups in total. The molecule has 0 heterocycles. The maximum atomic E-state index is 12.6. The number of ketones is 1. The van der Waals surface area contributed by atoms with E-state index in [4.69, 9.17) is 5.73 Å². The Labute approximate surface area is 121 Å². The summed E-state index contributed by atoms with van der Waals surface area (Å²) in [7, 11) is 0. The van der Waals surface area contributed by atoms with E-state index in [-0.39, 0.29) is 5.78 Å². The number of anilines is 1. The number of carbonyl (C=O) groups excluding carboxylic acids is 1. The first-order valence-electron chi connectivity index (χ1n) is 6.07. The van der Waals surface area contributed by atoms with E-state index in [1.165, 1.54) is 0 Å². The first-order valence-corrected chi connectivity index (χ1v) is 6.87. The summed E-state index contributed by atoms with van der Waals surface area (Å²) in [5.41, 5.74) is 10.7. The Morgan fingerprint density at radius 1 is 1.00 bits per heavy atom. The Hall–Kier alpha value is -1.61. The maximum Gasteiger partial charge on any atom is 0.195 e. The van der Waals surface area contributed by atoms with Crippen molar-refractivity contribution in [3.63, 3.8) is 0 Å². The van der Waals surface area contributed by atoms with E-state index in [0.717, 1.165) is 21.2 Å². The summed E-state index contributed by atoms with van der Waals surface area (Å²) in [6, 6.07) is 9.40. The molecule has 0 fully saturated rings. The predicted octanol–water partition coefficient (Wildman–Crippen LogP) is 4.19. The lowest BCUT2D eigenvalue weighted by Crippen LogP contribution is -2.08. The van der Waals surface area contributed by atoms with Crippen LogP contribution in [0.1, 0.15) is 32.6 Å². The van der Waals surface area contributed by atoms with E-state index in [9.17, 15) is 4.79 Å². The van der Waals surface area contributed by atoms with Crippen molar-refractivity contribution in [1.29, 1.82) is 0 Å². The highest BCUT2D eigenvalue weighted by molar-refractivity contribution is 9.10. The van der Waals surface area contributed by atoms with Crippen LogP contribution in [0.15, 0.2) is 34.8 Å². The molecule has 0 spiro atoms. The Morgan fingerprint density at radius 3 is 2.37 bits per heavy atom. The fourth-order valence-corrected chi connectivity index (χ4v) is 2.50. The summed E-state index contributed by atoms with van der Waals surface area (Å²) in [6.07, 6.45) is 0. The van der Waals surface area contributed by atoms with Gasteiger partial charge < -0.3 is 5.73 Å². The van der Waals surface area contributed by atoms with Gasteiger partial charge >= 0.3 is 0 Å². The van der Waals surface area contributed by atoms with E-state index in [1.807, 2.05) is 45.0 Å². The highest BCUT2D eigenvalue weighted by Crippen LogP contribution is 2.25. The third-order valence-corrected chi connectivity index (χ3v) is 4.06. The van der Waals surface area contributed by atoms with Gasteiger partial charge in [0.1, 0.15) is 0 Å². The number of nitrogens with two attached hydrogens (primary N) is 1. The van der Waals surface area contributed by atoms with Gasteiger partial charge in [-0.05, 0) is 56.2 Å². The summed E-state index contributed by atoms with van der Waals surface area (Å²) in [5.74, 6) is -0.0192. The number of rotatable bonds is 2. The number of halogens is 1. The van der Waals surface area contributed by atoms with E-state index in [1.54, 1.807) is 6.07 Å². The van der Waals surface area contributed by atoms with Gasteiger partial charge in [-0.2, -0.15) is 0 Å². The van der Waals surface area contributed by atoms with Crippen LogP contribution in [-0.4, -0.2) is 5.78 Å². The lowest BCUT2D eigenvalue weighted by atomic mass is 9.95. The molecule has 0 amide bonds. The zero-order valence-electron chi connectivity index (χ0n) is 11.3. The van der Waals surface area contributed by atoms with Crippen molar-refractivity contribution < 1.29 is 4.79 Å². The van der Waals surface area contributed by atoms with E-state index in [0.29, 0.717) is 16.8 Å². The van der Waals surface area contributed by atoms with Crippen molar-refractivity contribution in [2.45, 2.75) is 20.8 Å². The molecule has 2 aromatic rings. The summed E-state index contributed by atoms with van der Waals surface area (Å²) in [6.45, 7) is 5.86. The number of hydrogen-bond donors (Lipinski definition) is 1. The molecule has 0 aliphatic heterocycles. The topological polar surface area (TPSA) is 43.1 Å². The average molecular weight is 318 g/mol. The summed E-state index contributed by atoms with van der Waals surface area (Å²) >= 11 is 3.48. The molecule has 2 rings (SSSR count). The zero-order chi connectivity index (χ0) is 14.2. The minimum atomic E-state index is -0.0192. The Balaban J connectivity index is 2.56. The van der Waals surface area contributed by atoms with Gasteiger partial charge in [0.15, 0.2) is 5.78 Å². The largest absolute Gasteiger partial charge is 0.398 e. The van der Waals surface area contributed by atoms with Crippen molar-refractivity contribution in [2.75, 3.05) is 5.73 Å². The van der Waals surface area contributed by atoms with Crippen LogP contribution < -0.4 is 5.73 Å². The molecule has 3 heteroatoms. The minimum Gasteiger partial charge on any atom is -0.398 e. The molecule has 0 atom stereocenters. The molecule has 0 saturated heterocycles. The first-order chi connectivity index (χ1) is 8.90. The molecule has 0 aliphatic rings. The van der Waals surface area contributed by atoms with Crippen LogP contribution in [0.3, 0.4) is 0 Å². The lowest BCUT2D eigenvalue weighted by molar-refractivity contribution is 0.103. The monoisotopic (exact) mass is 317 g/mol. The van der Waals surface area contributed by atoms with Gasteiger partial charge in [0.25, 0.3) is 0 Å².